The van der Waals surface area contributed by atoms with Crippen molar-refractivity contribution in [1.29, 1.82) is 0 Å². The SMILES string of the molecule is Cc1ccc(S(=O)(=O)NCc2ccco2)cc1C(=O)NC1CCCN(S(C)(=O)=O)C1. The first kappa shape index (κ1) is 22.5. The van der Waals surface area contributed by atoms with Gasteiger partial charge in [0.15, 0.2) is 0 Å². The number of rotatable bonds is 7. The molecule has 30 heavy (non-hydrogen) atoms. The number of piperidine rings is 1. The first-order valence-electron chi connectivity index (χ1n) is 9.45. The van der Waals surface area contributed by atoms with Crippen molar-refractivity contribution in [2.75, 3.05) is 19.3 Å². The molecule has 2 heterocycles. The highest BCUT2D eigenvalue weighted by atomic mass is 32.2. The predicted octanol–water partition coefficient (Wildman–Crippen LogP) is 1.22. The Kier molecular flexibility index (Phi) is 6.65. The smallest absolute Gasteiger partial charge is 0.251 e. The summed E-state index contributed by atoms with van der Waals surface area (Å²) in [4.78, 5) is 12.8. The van der Waals surface area contributed by atoms with Gasteiger partial charge in [0.25, 0.3) is 5.91 Å². The van der Waals surface area contributed by atoms with Crippen molar-refractivity contribution >= 4 is 26.0 Å². The van der Waals surface area contributed by atoms with E-state index in [0.29, 0.717) is 30.7 Å². The van der Waals surface area contributed by atoms with Crippen molar-refractivity contribution in [3.8, 4) is 0 Å². The van der Waals surface area contributed by atoms with Gasteiger partial charge in [0.2, 0.25) is 20.0 Å². The number of carbonyl (C=O) groups is 1. The number of hydrogen-bond acceptors (Lipinski definition) is 6. The van der Waals surface area contributed by atoms with Crippen molar-refractivity contribution < 1.29 is 26.0 Å². The molecule has 1 aliphatic heterocycles. The largest absolute Gasteiger partial charge is 0.468 e. The summed E-state index contributed by atoms with van der Waals surface area (Å²) in [6, 6.07) is 7.31. The van der Waals surface area contributed by atoms with Gasteiger partial charge in [-0.3, -0.25) is 4.79 Å². The lowest BCUT2D eigenvalue weighted by atomic mass is 10.0. The van der Waals surface area contributed by atoms with E-state index in [-0.39, 0.29) is 29.6 Å². The van der Waals surface area contributed by atoms with Crippen molar-refractivity contribution in [1.82, 2.24) is 14.3 Å². The first-order valence-corrected chi connectivity index (χ1v) is 12.8. The van der Waals surface area contributed by atoms with Crippen LogP contribution >= 0.6 is 0 Å². The number of furan rings is 1. The Balaban J connectivity index is 1.73. The fourth-order valence-electron chi connectivity index (χ4n) is 3.30. The molecule has 1 aromatic heterocycles. The minimum absolute atomic E-state index is 0.00581. The van der Waals surface area contributed by atoms with Crippen LogP contribution < -0.4 is 10.0 Å². The van der Waals surface area contributed by atoms with E-state index in [9.17, 15) is 21.6 Å². The lowest BCUT2D eigenvalue weighted by molar-refractivity contribution is 0.0920. The third-order valence-corrected chi connectivity index (χ3v) is 7.64. The van der Waals surface area contributed by atoms with Crippen LogP contribution in [0.25, 0.3) is 0 Å². The highest BCUT2D eigenvalue weighted by Gasteiger charge is 2.27. The predicted molar refractivity (Wildman–Crippen MR) is 111 cm³/mol. The van der Waals surface area contributed by atoms with E-state index in [4.69, 9.17) is 4.42 Å². The van der Waals surface area contributed by atoms with Gasteiger partial charge in [0, 0.05) is 24.7 Å². The average molecular weight is 456 g/mol. The molecular weight excluding hydrogens is 430 g/mol. The maximum atomic E-state index is 12.8. The summed E-state index contributed by atoms with van der Waals surface area (Å²) >= 11 is 0. The molecule has 1 atom stereocenters. The fourth-order valence-corrected chi connectivity index (χ4v) is 5.23. The van der Waals surface area contributed by atoms with E-state index in [1.165, 1.54) is 22.7 Å². The Hall–Kier alpha value is -2.21. The van der Waals surface area contributed by atoms with Crippen LogP contribution in [0, 0.1) is 6.92 Å². The zero-order chi connectivity index (χ0) is 21.9. The molecule has 1 unspecified atom stereocenters. The molecule has 0 saturated carbocycles. The maximum absolute atomic E-state index is 12.8. The highest BCUT2D eigenvalue weighted by Crippen LogP contribution is 2.18. The topological polar surface area (TPSA) is 126 Å². The number of nitrogens with zero attached hydrogens (tertiary/aromatic N) is 1. The van der Waals surface area contributed by atoms with Gasteiger partial charge in [-0.05, 0) is 49.6 Å². The Bertz CT molecular complexity index is 1110. The second-order valence-electron chi connectivity index (χ2n) is 7.31. The number of carbonyl (C=O) groups excluding carboxylic acids is 1. The molecule has 1 aromatic carbocycles. The second kappa shape index (κ2) is 8.88. The van der Waals surface area contributed by atoms with E-state index in [1.807, 2.05) is 0 Å². The molecule has 2 N–H and O–H groups in total. The quantitative estimate of drug-likeness (QED) is 0.647. The lowest BCUT2D eigenvalue weighted by Crippen LogP contribution is -2.49. The van der Waals surface area contributed by atoms with Crippen LogP contribution in [-0.4, -0.2) is 52.4 Å². The van der Waals surface area contributed by atoms with Gasteiger partial charge in [-0.15, -0.1) is 0 Å². The number of hydrogen-bond donors (Lipinski definition) is 2. The van der Waals surface area contributed by atoms with Gasteiger partial charge in [0.05, 0.1) is 24.0 Å². The summed E-state index contributed by atoms with van der Waals surface area (Å²) in [5.41, 5.74) is 0.848. The summed E-state index contributed by atoms with van der Waals surface area (Å²) in [6.07, 6.45) is 3.89. The Labute approximate surface area is 176 Å². The summed E-state index contributed by atoms with van der Waals surface area (Å²) in [7, 11) is -7.18. The van der Waals surface area contributed by atoms with Gasteiger partial charge >= 0.3 is 0 Å². The van der Waals surface area contributed by atoms with Crippen LogP contribution in [-0.2, 0) is 26.6 Å². The summed E-state index contributed by atoms with van der Waals surface area (Å²) in [6.45, 7) is 2.34. The monoisotopic (exact) mass is 455 g/mol. The second-order valence-corrected chi connectivity index (χ2v) is 11.1. The molecule has 1 amide bonds. The zero-order valence-electron chi connectivity index (χ0n) is 16.8. The highest BCUT2D eigenvalue weighted by molar-refractivity contribution is 7.89. The molecular formula is C19H25N3O6S2. The van der Waals surface area contributed by atoms with E-state index in [0.717, 1.165) is 6.26 Å². The zero-order valence-corrected chi connectivity index (χ0v) is 18.4. The standard InChI is InChI=1S/C19H25N3O6S2/c1-14-7-8-17(30(26,27)20-12-16-6-4-10-28-16)11-18(14)19(23)21-15-5-3-9-22(13-15)29(2,24)25/h4,6-8,10-11,15,20H,3,5,9,12-13H2,1-2H3,(H,21,23). The molecule has 1 fully saturated rings. The Morgan fingerprint density at radius 1 is 1.23 bits per heavy atom. The van der Waals surface area contributed by atoms with Crippen LogP contribution in [0.2, 0.25) is 0 Å². The van der Waals surface area contributed by atoms with Crippen LogP contribution in [0.3, 0.4) is 0 Å². The van der Waals surface area contributed by atoms with E-state index in [1.54, 1.807) is 25.1 Å². The van der Waals surface area contributed by atoms with Crippen molar-refractivity contribution in [2.45, 2.75) is 37.2 Å². The number of amides is 1. The first-order chi connectivity index (χ1) is 14.1. The molecule has 11 heteroatoms. The number of sulfonamides is 2. The van der Waals surface area contributed by atoms with Gasteiger partial charge in [-0.1, -0.05) is 6.07 Å². The van der Waals surface area contributed by atoms with Crippen molar-refractivity contribution in [3.05, 3.63) is 53.5 Å². The molecule has 9 nitrogen and oxygen atoms in total. The number of aryl methyl sites for hydroxylation is 1. The molecule has 2 aromatic rings. The van der Waals surface area contributed by atoms with Crippen LogP contribution in [0.15, 0.2) is 45.9 Å². The minimum Gasteiger partial charge on any atom is -0.468 e. The lowest BCUT2D eigenvalue weighted by Gasteiger charge is -2.31. The molecule has 164 valence electrons. The normalized spacial score (nSPS) is 18.3. The van der Waals surface area contributed by atoms with Gasteiger partial charge < -0.3 is 9.73 Å². The van der Waals surface area contributed by atoms with Gasteiger partial charge in [0.1, 0.15) is 5.76 Å². The van der Waals surface area contributed by atoms with E-state index in [2.05, 4.69) is 10.0 Å². The van der Waals surface area contributed by atoms with Gasteiger partial charge in [-0.25, -0.2) is 25.9 Å². The maximum Gasteiger partial charge on any atom is 0.251 e. The molecule has 1 saturated heterocycles. The van der Waals surface area contributed by atoms with Crippen molar-refractivity contribution in [3.63, 3.8) is 0 Å². The van der Waals surface area contributed by atoms with Crippen LogP contribution in [0.5, 0.6) is 0 Å². The van der Waals surface area contributed by atoms with E-state index < -0.39 is 26.0 Å². The molecule has 0 bridgehead atoms. The Morgan fingerprint density at radius 3 is 2.67 bits per heavy atom. The number of benzene rings is 1. The molecule has 0 spiro atoms. The molecule has 1 aliphatic rings. The van der Waals surface area contributed by atoms with Gasteiger partial charge in [-0.2, -0.15) is 0 Å². The molecule has 0 aliphatic carbocycles. The summed E-state index contributed by atoms with van der Waals surface area (Å²) in [5.74, 6) is 0.0346. The summed E-state index contributed by atoms with van der Waals surface area (Å²) < 4.78 is 57.7. The Morgan fingerprint density at radius 2 is 2.00 bits per heavy atom. The summed E-state index contributed by atoms with van der Waals surface area (Å²) in [5, 5.41) is 2.84. The fraction of sp³-hybridized carbons (Fsp3) is 0.421. The van der Waals surface area contributed by atoms with Crippen LogP contribution in [0.4, 0.5) is 0 Å². The third kappa shape index (κ3) is 5.48. The minimum atomic E-state index is -3.85. The average Bonchev–Trinajstić information content (AvgIpc) is 3.20. The number of nitrogens with one attached hydrogen (secondary N) is 2. The molecule has 3 rings (SSSR count). The molecule has 0 radical (unpaired) electrons. The van der Waals surface area contributed by atoms with Crippen molar-refractivity contribution in [2.24, 2.45) is 0 Å². The van der Waals surface area contributed by atoms with E-state index >= 15 is 0 Å². The van der Waals surface area contributed by atoms with Crippen LogP contribution in [0.1, 0.15) is 34.5 Å². The third-order valence-electron chi connectivity index (χ3n) is 4.97.